The zero-order valence-corrected chi connectivity index (χ0v) is 12.4. The second kappa shape index (κ2) is 7.45. The third-order valence-corrected chi connectivity index (χ3v) is 3.19. The maximum Gasteiger partial charge on any atom is 0.267 e. The molecular weight excluding hydrogens is 320 g/mol. The number of nitrogens with zero attached hydrogens (tertiary/aromatic N) is 2. The van der Waals surface area contributed by atoms with E-state index in [2.05, 4.69) is 25.9 Å². The molecule has 1 heterocycles. The molecule has 8 heteroatoms. The second-order valence-electron chi connectivity index (χ2n) is 3.57. The SMILES string of the molecule is COCCN(CCC(N)=S)c1nc[nH]c(=O)c1Br. The summed E-state index contributed by atoms with van der Waals surface area (Å²) in [7, 11) is 1.62. The summed E-state index contributed by atoms with van der Waals surface area (Å²) in [4.78, 5) is 20.5. The number of nitrogens with one attached hydrogen (secondary N) is 1. The van der Waals surface area contributed by atoms with Gasteiger partial charge in [0.1, 0.15) is 10.3 Å². The Balaban J connectivity index is 2.89. The van der Waals surface area contributed by atoms with Crippen LogP contribution in [0.2, 0.25) is 0 Å². The van der Waals surface area contributed by atoms with E-state index >= 15 is 0 Å². The fraction of sp³-hybridized carbons (Fsp3) is 0.500. The maximum atomic E-state index is 11.5. The zero-order chi connectivity index (χ0) is 13.5. The number of thiocarbonyl (C=S) groups is 1. The lowest BCUT2D eigenvalue weighted by Gasteiger charge is -2.23. The Kier molecular flexibility index (Phi) is 6.23. The Morgan fingerprint density at radius 3 is 3.00 bits per heavy atom. The number of anilines is 1. The summed E-state index contributed by atoms with van der Waals surface area (Å²) in [5.41, 5.74) is 5.26. The van der Waals surface area contributed by atoms with Gasteiger partial charge in [-0.05, 0) is 15.9 Å². The second-order valence-corrected chi connectivity index (χ2v) is 4.88. The van der Waals surface area contributed by atoms with E-state index < -0.39 is 0 Å². The Hall–Kier alpha value is -0.990. The summed E-state index contributed by atoms with van der Waals surface area (Å²) in [6.45, 7) is 1.72. The average molecular weight is 335 g/mol. The molecule has 0 radical (unpaired) electrons. The summed E-state index contributed by atoms with van der Waals surface area (Å²) in [6.07, 6.45) is 1.92. The molecule has 100 valence electrons. The van der Waals surface area contributed by atoms with E-state index in [1.807, 2.05) is 4.90 Å². The third kappa shape index (κ3) is 4.35. The third-order valence-electron chi connectivity index (χ3n) is 2.27. The summed E-state index contributed by atoms with van der Waals surface area (Å²) in [5, 5.41) is 0. The molecule has 0 aromatic carbocycles. The quantitative estimate of drug-likeness (QED) is 0.712. The van der Waals surface area contributed by atoms with Crippen LogP contribution in [0.3, 0.4) is 0 Å². The van der Waals surface area contributed by atoms with Crippen molar-refractivity contribution in [1.82, 2.24) is 9.97 Å². The minimum absolute atomic E-state index is 0.224. The van der Waals surface area contributed by atoms with Gasteiger partial charge in [-0.1, -0.05) is 12.2 Å². The van der Waals surface area contributed by atoms with E-state index in [-0.39, 0.29) is 5.56 Å². The van der Waals surface area contributed by atoms with E-state index in [0.29, 0.717) is 41.4 Å². The lowest BCUT2D eigenvalue weighted by molar-refractivity contribution is 0.205. The molecule has 18 heavy (non-hydrogen) atoms. The monoisotopic (exact) mass is 334 g/mol. The van der Waals surface area contributed by atoms with Gasteiger partial charge in [0, 0.05) is 26.6 Å². The van der Waals surface area contributed by atoms with Crippen molar-refractivity contribution >= 4 is 39.0 Å². The van der Waals surface area contributed by atoms with Crippen LogP contribution in [0, 0.1) is 0 Å². The van der Waals surface area contributed by atoms with Gasteiger partial charge in [-0.15, -0.1) is 0 Å². The minimum Gasteiger partial charge on any atom is -0.393 e. The van der Waals surface area contributed by atoms with E-state index in [1.165, 1.54) is 6.33 Å². The Bertz CT molecular complexity index is 465. The van der Waals surface area contributed by atoms with Crippen LogP contribution in [-0.2, 0) is 4.74 Å². The number of hydrogen-bond donors (Lipinski definition) is 2. The molecule has 1 aromatic heterocycles. The Morgan fingerprint density at radius 1 is 1.67 bits per heavy atom. The van der Waals surface area contributed by atoms with Gasteiger partial charge in [0.25, 0.3) is 5.56 Å². The van der Waals surface area contributed by atoms with Crippen molar-refractivity contribution in [3.05, 3.63) is 21.2 Å². The van der Waals surface area contributed by atoms with Crippen molar-refractivity contribution in [2.24, 2.45) is 5.73 Å². The molecule has 0 amide bonds. The van der Waals surface area contributed by atoms with Crippen LogP contribution in [0.1, 0.15) is 6.42 Å². The highest BCUT2D eigenvalue weighted by atomic mass is 79.9. The summed E-state index contributed by atoms with van der Waals surface area (Å²) < 4.78 is 5.43. The van der Waals surface area contributed by atoms with Crippen LogP contribution in [0.4, 0.5) is 5.82 Å². The van der Waals surface area contributed by atoms with Gasteiger partial charge in [0.15, 0.2) is 0 Å². The van der Waals surface area contributed by atoms with Gasteiger partial charge in [0.2, 0.25) is 0 Å². The summed E-state index contributed by atoms with van der Waals surface area (Å²) in [6, 6.07) is 0. The van der Waals surface area contributed by atoms with Crippen LogP contribution < -0.4 is 16.2 Å². The molecule has 0 aliphatic carbocycles. The first-order chi connectivity index (χ1) is 8.56. The van der Waals surface area contributed by atoms with Crippen LogP contribution in [0.15, 0.2) is 15.6 Å². The predicted molar refractivity (Wildman–Crippen MR) is 78.0 cm³/mol. The normalized spacial score (nSPS) is 10.3. The van der Waals surface area contributed by atoms with Crippen LogP contribution in [0.25, 0.3) is 0 Å². The maximum absolute atomic E-state index is 11.5. The first-order valence-electron chi connectivity index (χ1n) is 5.31. The van der Waals surface area contributed by atoms with Crippen LogP contribution in [0.5, 0.6) is 0 Å². The number of methoxy groups -OCH3 is 1. The van der Waals surface area contributed by atoms with Gasteiger partial charge >= 0.3 is 0 Å². The Morgan fingerprint density at radius 2 is 2.39 bits per heavy atom. The molecule has 0 spiro atoms. The van der Waals surface area contributed by atoms with Crippen molar-refractivity contribution in [3.63, 3.8) is 0 Å². The fourth-order valence-corrected chi connectivity index (χ4v) is 1.92. The highest BCUT2D eigenvalue weighted by Crippen LogP contribution is 2.18. The first kappa shape index (κ1) is 15.1. The molecule has 3 N–H and O–H groups in total. The number of rotatable bonds is 7. The molecule has 0 fully saturated rings. The number of aromatic nitrogens is 2. The molecule has 0 aliphatic rings. The van der Waals surface area contributed by atoms with E-state index in [1.54, 1.807) is 7.11 Å². The molecular formula is C10H15BrN4O2S. The van der Waals surface area contributed by atoms with Crippen molar-refractivity contribution in [1.29, 1.82) is 0 Å². The van der Waals surface area contributed by atoms with Crippen LogP contribution >= 0.6 is 28.1 Å². The van der Waals surface area contributed by atoms with Crippen molar-refractivity contribution in [2.45, 2.75) is 6.42 Å². The molecule has 0 atom stereocenters. The van der Waals surface area contributed by atoms with Crippen molar-refractivity contribution in [2.75, 3.05) is 31.7 Å². The highest BCUT2D eigenvalue weighted by Gasteiger charge is 2.14. The molecule has 0 unspecified atom stereocenters. The smallest absolute Gasteiger partial charge is 0.267 e. The molecule has 6 nitrogen and oxygen atoms in total. The number of ether oxygens (including phenoxy) is 1. The zero-order valence-electron chi connectivity index (χ0n) is 9.98. The molecule has 1 aromatic rings. The number of halogens is 1. The predicted octanol–water partition coefficient (Wildman–Crippen LogP) is 0.661. The van der Waals surface area contributed by atoms with Crippen molar-refractivity contribution in [3.8, 4) is 0 Å². The van der Waals surface area contributed by atoms with Crippen LogP contribution in [-0.4, -0.2) is 41.8 Å². The number of aromatic amines is 1. The van der Waals surface area contributed by atoms with E-state index in [0.717, 1.165) is 0 Å². The molecule has 0 saturated carbocycles. The highest BCUT2D eigenvalue weighted by molar-refractivity contribution is 9.10. The van der Waals surface area contributed by atoms with E-state index in [4.69, 9.17) is 22.7 Å². The molecule has 0 bridgehead atoms. The Labute approximate surface area is 119 Å². The number of nitrogens with two attached hydrogens (primary N) is 1. The largest absolute Gasteiger partial charge is 0.393 e. The summed E-state index contributed by atoms with van der Waals surface area (Å²) in [5.74, 6) is 0.562. The number of H-pyrrole nitrogens is 1. The first-order valence-corrected chi connectivity index (χ1v) is 6.51. The summed E-state index contributed by atoms with van der Waals surface area (Å²) >= 11 is 8.08. The average Bonchev–Trinajstić information content (AvgIpc) is 2.33. The lowest BCUT2D eigenvalue weighted by Crippen LogP contribution is -2.32. The minimum atomic E-state index is -0.224. The standard InChI is InChI=1S/C10H15BrN4O2S/c1-17-5-4-15(3-2-7(12)18)9-8(11)10(16)14-6-13-9/h6H,2-5H2,1H3,(H2,12,18)(H,13,14,16). The van der Waals surface area contributed by atoms with E-state index in [9.17, 15) is 4.79 Å². The van der Waals surface area contributed by atoms with Gasteiger partial charge in [0.05, 0.1) is 17.9 Å². The van der Waals surface area contributed by atoms with Gasteiger partial charge < -0.3 is 20.4 Å². The van der Waals surface area contributed by atoms with Gasteiger partial charge in [-0.3, -0.25) is 4.79 Å². The topological polar surface area (TPSA) is 84.2 Å². The number of hydrogen-bond acceptors (Lipinski definition) is 5. The van der Waals surface area contributed by atoms with Crippen molar-refractivity contribution < 1.29 is 4.74 Å². The molecule has 0 aliphatic heterocycles. The molecule has 0 saturated heterocycles. The van der Waals surface area contributed by atoms with Gasteiger partial charge in [-0.25, -0.2) is 4.98 Å². The lowest BCUT2D eigenvalue weighted by atomic mass is 10.3. The van der Waals surface area contributed by atoms with Gasteiger partial charge in [-0.2, -0.15) is 0 Å². The fourth-order valence-electron chi connectivity index (χ4n) is 1.36. The molecule has 1 rings (SSSR count).